The van der Waals surface area contributed by atoms with Crippen LogP contribution in [0.25, 0.3) is 0 Å². The molecule has 4 heteroatoms. The number of ketones is 1. The van der Waals surface area contributed by atoms with Gasteiger partial charge in [-0.05, 0) is 44.0 Å². The SMILES string of the molecule is CC(C)=C1Oc2cc(OCc3ccccc3Cl)cc(C)c2C1=O. The minimum Gasteiger partial charge on any atom is -0.489 e. The first-order valence-corrected chi connectivity index (χ1v) is 7.76. The summed E-state index contributed by atoms with van der Waals surface area (Å²) >= 11 is 6.13. The van der Waals surface area contributed by atoms with Gasteiger partial charge in [0.15, 0.2) is 5.76 Å². The van der Waals surface area contributed by atoms with Gasteiger partial charge in [0.05, 0.1) is 5.56 Å². The Balaban J connectivity index is 1.86. The number of benzene rings is 2. The van der Waals surface area contributed by atoms with Crippen LogP contribution in [0.3, 0.4) is 0 Å². The number of aryl methyl sites for hydroxylation is 1. The molecule has 0 N–H and O–H groups in total. The molecule has 0 unspecified atom stereocenters. The first-order chi connectivity index (χ1) is 11.0. The van der Waals surface area contributed by atoms with E-state index < -0.39 is 0 Å². The molecule has 0 radical (unpaired) electrons. The molecule has 0 atom stereocenters. The Morgan fingerprint density at radius 1 is 1.22 bits per heavy atom. The number of hydrogen-bond donors (Lipinski definition) is 0. The predicted molar refractivity (Wildman–Crippen MR) is 90.3 cm³/mol. The van der Waals surface area contributed by atoms with Gasteiger partial charge in [0.25, 0.3) is 0 Å². The number of carbonyl (C=O) groups excluding carboxylic acids is 1. The number of allylic oxidation sites excluding steroid dienone is 2. The zero-order chi connectivity index (χ0) is 16.6. The molecule has 0 saturated heterocycles. The highest BCUT2D eigenvalue weighted by atomic mass is 35.5. The van der Waals surface area contributed by atoms with Gasteiger partial charge in [-0.15, -0.1) is 0 Å². The summed E-state index contributed by atoms with van der Waals surface area (Å²) in [6.07, 6.45) is 0. The van der Waals surface area contributed by atoms with E-state index in [2.05, 4.69) is 0 Å². The summed E-state index contributed by atoms with van der Waals surface area (Å²) in [7, 11) is 0. The Morgan fingerprint density at radius 2 is 1.96 bits per heavy atom. The molecule has 0 bridgehead atoms. The van der Waals surface area contributed by atoms with Gasteiger partial charge in [0.2, 0.25) is 5.78 Å². The lowest BCUT2D eigenvalue weighted by molar-refractivity contribution is 0.101. The van der Waals surface area contributed by atoms with Crippen molar-refractivity contribution in [3.8, 4) is 11.5 Å². The summed E-state index contributed by atoms with van der Waals surface area (Å²) in [6, 6.07) is 11.2. The van der Waals surface area contributed by atoms with Crippen molar-refractivity contribution in [3.05, 3.63) is 69.4 Å². The molecular formula is C19H17ClO3. The van der Waals surface area contributed by atoms with Gasteiger partial charge >= 0.3 is 0 Å². The third-order valence-electron chi connectivity index (χ3n) is 3.72. The summed E-state index contributed by atoms with van der Waals surface area (Å²) in [5.41, 5.74) is 3.24. The van der Waals surface area contributed by atoms with Crippen molar-refractivity contribution in [2.75, 3.05) is 0 Å². The zero-order valence-corrected chi connectivity index (χ0v) is 14.0. The van der Waals surface area contributed by atoms with Crippen LogP contribution in [0.1, 0.15) is 35.3 Å². The van der Waals surface area contributed by atoms with Crippen molar-refractivity contribution in [1.29, 1.82) is 0 Å². The Labute approximate surface area is 140 Å². The minimum absolute atomic E-state index is 0.0600. The second-order valence-corrected chi connectivity index (χ2v) is 6.16. The van der Waals surface area contributed by atoms with Crippen LogP contribution in [0.2, 0.25) is 5.02 Å². The fourth-order valence-electron chi connectivity index (χ4n) is 2.55. The highest BCUT2D eigenvalue weighted by Crippen LogP contribution is 2.38. The average molecular weight is 329 g/mol. The maximum absolute atomic E-state index is 12.4. The molecule has 1 heterocycles. The van der Waals surface area contributed by atoms with E-state index in [1.165, 1.54) is 0 Å². The molecule has 3 nitrogen and oxygen atoms in total. The topological polar surface area (TPSA) is 35.5 Å². The van der Waals surface area contributed by atoms with Gasteiger partial charge < -0.3 is 9.47 Å². The lowest BCUT2D eigenvalue weighted by Crippen LogP contribution is -2.01. The Hall–Kier alpha value is -2.26. The molecule has 118 valence electrons. The van der Waals surface area contributed by atoms with Crippen LogP contribution in [0.4, 0.5) is 0 Å². The molecule has 0 spiro atoms. The van der Waals surface area contributed by atoms with Gasteiger partial charge in [-0.2, -0.15) is 0 Å². The Kier molecular flexibility index (Phi) is 4.14. The number of Topliss-reactive ketones (excluding diaryl/α,β-unsaturated/α-hetero) is 1. The Morgan fingerprint density at radius 3 is 2.65 bits per heavy atom. The highest BCUT2D eigenvalue weighted by molar-refractivity contribution is 6.31. The number of ether oxygens (including phenoxy) is 2. The van der Waals surface area contributed by atoms with Gasteiger partial charge in [0, 0.05) is 16.7 Å². The normalized spacial score (nSPS) is 12.9. The van der Waals surface area contributed by atoms with Crippen molar-refractivity contribution in [2.24, 2.45) is 0 Å². The quantitative estimate of drug-likeness (QED) is 0.736. The van der Waals surface area contributed by atoms with Crippen LogP contribution in [0.15, 0.2) is 47.7 Å². The second kappa shape index (κ2) is 6.09. The summed E-state index contributed by atoms with van der Waals surface area (Å²) in [5, 5.41) is 0.670. The van der Waals surface area contributed by atoms with E-state index in [0.717, 1.165) is 16.7 Å². The first kappa shape index (κ1) is 15.6. The minimum atomic E-state index is -0.0600. The number of fused-ring (bicyclic) bond motifs is 1. The first-order valence-electron chi connectivity index (χ1n) is 7.38. The van der Waals surface area contributed by atoms with Crippen molar-refractivity contribution in [3.63, 3.8) is 0 Å². The largest absolute Gasteiger partial charge is 0.489 e. The number of hydrogen-bond acceptors (Lipinski definition) is 3. The van der Waals surface area contributed by atoms with Crippen LogP contribution in [-0.4, -0.2) is 5.78 Å². The van der Waals surface area contributed by atoms with E-state index in [1.54, 1.807) is 6.07 Å². The van der Waals surface area contributed by atoms with Crippen LogP contribution < -0.4 is 9.47 Å². The lowest BCUT2D eigenvalue weighted by atomic mass is 10.0. The fourth-order valence-corrected chi connectivity index (χ4v) is 2.74. The Bertz CT molecular complexity index is 817. The van der Waals surface area contributed by atoms with E-state index in [9.17, 15) is 4.79 Å². The summed E-state index contributed by atoms with van der Waals surface area (Å²) in [6.45, 7) is 5.98. The van der Waals surface area contributed by atoms with Gasteiger partial charge in [-0.25, -0.2) is 0 Å². The van der Waals surface area contributed by atoms with Crippen molar-refractivity contribution < 1.29 is 14.3 Å². The van der Waals surface area contributed by atoms with Crippen molar-refractivity contribution in [2.45, 2.75) is 27.4 Å². The average Bonchev–Trinajstić information content (AvgIpc) is 2.84. The summed E-state index contributed by atoms with van der Waals surface area (Å²) in [5.74, 6) is 1.56. The predicted octanol–water partition coefficient (Wildman–Crippen LogP) is 5.10. The van der Waals surface area contributed by atoms with Gasteiger partial charge in [-0.3, -0.25) is 4.79 Å². The van der Waals surface area contributed by atoms with E-state index >= 15 is 0 Å². The molecule has 23 heavy (non-hydrogen) atoms. The second-order valence-electron chi connectivity index (χ2n) is 5.75. The van der Waals surface area contributed by atoms with Crippen molar-refractivity contribution >= 4 is 17.4 Å². The van der Waals surface area contributed by atoms with Crippen LogP contribution >= 0.6 is 11.6 Å². The molecule has 1 aliphatic rings. The van der Waals surface area contributed by atoms with Crippen LogP contribution in [0.5, 0.6) is 11.5 Å². The molecule has 2 aromatic carbocycles. The summed E-state index contributed by atoms with van der Waals surface area (Å²) in [4.78, 5) is 12.4. The molecule has 2 aromatic rings. The van der Waals surface area contributed by atoms with E-state index in [1.807, 2.05) is 51.1 Å². The number of halogens is 1. The standard InChI is InChI=1S/C19H17ClO3/c1-11(2)19-18(21)17-12(3)8-14(9-16(17)23-19)22-10-13-6-4-5-7-15(13)20/h4-9H,10H2,1-3H3. The number of carbonyl (C=O) groups is 1. The van der Waals surface area contributed by atoms with Crippen LogP contribution in [0, 0.1) is 6.92 Å². The van der Waals surface area contributed by atoms with Gasteiger partial charge in [-0.1, -0.05) is 29.8 Å². The molecule has 0 fully saturated rings. The monoisotopic (exact) mass is 328 g/mol. The van der Waals surface area contributed by atoms with Crippen LogP contribution in [-0.2, 0) is 6.61 Å². The molecule has 0 saturated carbocycles. The van der Waals surface area contributed by atoms with E-state index in [0.29, 0.717) is 34.5 Å². The molecule has 0 aliphatic carbocycles. The zero-order valence-electron chi connectivity index (χ0n) is 13.3. The third-order valence-corrected chi connectivity index (χ3v) is 4.09. The molecular weight excluding hydrogens is 312 g/mol. The maximum Gasteiger partial charge on any atom is 0.232 e. The van der Waals surface area contributed by atoms with Gasteiger partial charge in [0.1, 0.15) is 18.1 Å². The highest BCUT2D eigenvalue weighted by Gasteiger charge is 2.30. The molecule has 3 rings (SSSR count). The fraction of sp³-hybridized carbons (Fsp3) is 0.211. The number of rotatable bonds is 3. The lowest BCUT2D eigenvalue weighted by Gasteiger charge is -2.10. The molecule has 0 aromatic heterocycles. The maximum atomic E-state index is 12.4. The van der Waals surface area contributed by atoms with E-state index in [-0.39, 0.29) is 5.78 Å². The summed E-state index contributed by atoms with van der Waals surface area (Å²) < 4.78 is 11.5. The third kappa shape index (κ3) is 2.97. The van der Waals surface area contributed by atoms with E-state index in [4.69, 9.17) is 21.1 Å². The van der Waals surface area contributed by atoms with Crippen molar-refractivity contribution in [1.82, 2.24) is 0 Å². The molecule has 1 aliphatic heterocycles. The smallest absolute Gasteiger partial charge is 0.232 e. The molecule has 0 amide bonds.